The zero-order valence-corrected chi connectivity index (χ0v) is 12.6. The zero-order chi connectivity index (χ0) is 14.0. The van der Waals surface area contributed by atoms with Crippen LogP contribution in [-0.4, -0.2) is 35.2 Å². The van der Waals surface area contributed by atoms with E-state index in [9.17, 15) is 0 Å². The largest absolute Gasteiger partial charge is 0.386 e. The van der Waals surface area contributed by atoms with Crippen LogP contribution in [0.1, 0.15) is 31.2 Å². The summed E-state index contributed by atoms with van der Waals surface area (Å²) in [5.74, 6) is 2.30. The summed E-state index contributed by atoms with van der Waals surface area (Å²) in [5, 5.41) is -0.661. The number of unbranched alkanes of at least 4 members (excludes halogenated alkanes) is 2. The Bertz CT molecular complexity index is 330. The average molecular weight is 272 g/mol. The van der Waals surface area contributed by atoms with E-state index in [1.165, 1.54) is 24.2 Å². The molecule has 0 unspecified atom stereocenters. The van der Waals surface area contributed by atoms with E-state index >= 15 is 0 Å². The zero-order valence-electron chi connectivity index (χ0n) is 11.8. The topological polar surface area (TPSA) is 9.23 Å². The third-order valence-electron chi connectivity index (χ3n) is 2.96. The van der Waals surface area contributed by atoms with E-state index < -0.39 is 5.21 Å². The normalized spacial score (nSPS) is 11.6. The number of thioether (sulfide) groups is 1. The molecule has 0 aliphatic heterocycles. The average Bonchev–Trinajstić information content (AvgIpc) is 2.38. The van der Waals surface area contributed by atoms with Gasteiger partial charge in [-0.2, -0.15) is 11.8 Å². The van der Waals surface area contributed by atoms with Gasteiger partial charge in [-0.1, -0.05) is 54.8 Å². The van der Waals surface area contributed by atoms with Gasteiger partial charge in [0.2, 0.25) is 0 Å². The second kappa shape index (κ2) is 9.55. The van der Waals surface area contributed by atoms with Gasteiger partial charge >= 0.3 is 0 Å². The lowest BCUT2D eigenvalue weighted by Crippen LogP contribution is -2.19. The smallest absolute Gasteiger partial charge is 0.0651 e. The molecule has 1 rings (SSSR count). The van der Waals surface area contributed by atoms with Crippen LogP contribution >= 0.6 is 11.8 Å². The number of hydrogen-bond donors (Lipinski definition) is 0. The molecular weight excluding hydrogens is 250 g/mol. The number of rotatable bonds is 10. The summed E-state index contributed by atoms with van der Waals surface area (Å²) in [4.78, 5) is 0. The summed E-state index contributed by atoms with van der Waals surface area (Å²) in [6, 6.07) is 10.6. The van der Waals surface area contributed by atoms with Gasteiger partial charge in [-0.15, -0.1) is 0 Å². The van der Waals surface area contributed by atoms with Gasteiger partial charge in [-0.3, -0.25) is 0 Å². The Kier molecular flexibility index (Phi) is 8.40. The summed E-state index contributed by atoms with van der Waals surface area (Å²) >= 11 is 1.99. The Morgan fingerprint density at radius 2 is 1.84 bits per heavy atom. The third-order valence-corrected chi connectivity index (χ3v) is 4.07. The van der Waals surface area contributed by atoms with Crippen LogP contribution in [0.3, 0.4) is 0 Å². The molecule has 0 amide bonds. The highest BCUT2D eigenvalue weighted by Gasteiger charge is 2.15. The Morgan fingerprint density at radius 1 is 1.11 bits per heavy atom. The van der Waals surface area contributed by atoms with Crippen molar-refractivity contribution in [2.75, 3.05) is 19.5 Å². The molecule has 0 heterocycles. The van der Waals surface area contributed by atoms with Crippen molar-refractivity contribution in [2.24, 2.45) is 0 Å². The fourth-order valence-corrected chi connectivity index (χ4v) is 2.92. The maximum absolute atomic E-state index is 5.89. The molecule has 0 aliphatic carbocycles. The first-order valence-electron chi connectivity index (χ1n) is 6.82. The molecule has 0 bridgehead atoms. The van der Waals surface area contributed by atoms with Crippen molar-refractivity contribution in [2.45, 2.75) is 36.6 Å². The fraction of sp³-hybridized carbons (Fsp3) is 0.600. The lowest BCUT2D eigenvalue weighted by Gasteiger charge is -2.24. The number of benzene rings is 1. The molecule has 1 nitrogen and oxygen atoms in total. The quantitative estimate of drug-likeness (QED) is 0.475. The van der Waals surface area contributed by atoms with Crippen LogP contribution in [-0.2, 0) is 10.5 Å². The molecule has 0 saturated heterocycles. The van der Waals surface area contributed by atoms with Crippen LogP contribution < -0.4 is 0 Å². The molecule has 0 saturated carbocycles. The first kappa shape index (κ1) is 16.7. The highest BCUT2D eigenvalue weighted by atomic mass is 32.2. The van der Waals surface area contributed by atoms with Crippen molar-refractivity contribution in [1.29, 1.82) is 0 Å². The van der Waals surface area contributed by atoms with Crippen molar-refractivity contribution in [3.05, 3.63) is 35.9 Å². The van der Waals surface area contributed by atoms with Crippen LogP contribution in [0.25, 0.3) is 0 Å². The van der Waals surface area contributed by atoms with Gasteiger partial charge in [0.25, 0.3) is 0 Å². The monoisotopic (exact) mass is 272 g/mol. The lowest BCUT2D eigenvalue weighted by molar-refractivity contribution is 0.181. The third kappa shape index (κ3) is 8.43. The second-order valence-corrected chi connectivity index (χ2v) is 6.12. The molecule has 0 N–H and O–H groups in total. The highest BCUT2D eigenvalue weighted by molar-refractivity contribution is 7.98. The Hall–Kier alpha value is -0.340. The summed E-state index contributed by atoms with van der Waals surface area (Å²) in [7, 11) is 13.4. The van der Waals surface area contributed by atoms with Crippen LogP contribution in [0.4, 0.5) is 0 Å². The van der Waals surface area contributed by atoms with E-state index in [2.05, 4.69) is 30.3 Å². The fourth-order valence-electron chi connectivity index (χ4n) is 1.94. The molecule has 0 atom stereocenters. The maximum atomic E-state index is 5.89. The minimum absolute atomic E-state index is 0.426. The van der Waals surface area contributed by atoms with E-state index in [0.29, 0.717) is 6.61 Å². The van der Waals surface area contributed by atoms with Crippen LogP contribution in [0.2, 0.25) is 5.21 Å². The van der Waals surface area contributed by atoms with Crippen molar-refractivity contribution in [1.82, 2.24) is 0 Å². The summed E-state index contributed by atoms with van der Waals surface area (Å²) in [6.45, 7) is 0.426. The van der Waals surface area contributed by atoms with E-state index in [-0.39, 0.29) is 0 Å². The van der Waals surface area contributed by atoms with Gasteiger partial charge in [0.15, 0.2) is 0 Å². The van der Waals surface area contributed by atoms with E-state index in [1.807, 2.05) is 11.8 Å². The first-order chi connectivity index (χ1) is 9.14. The summed E-state index contributed by atoms with van der Waals surface area (Å²) in [5.41, 5.74) is 1.40. The molecule has 0 aromatic heterocycles. The number of methoxy groups -OCH3 is 1. The molecule has 1 aromatic carbocycles. The Morgan fingerprint density at radius 3 is 2.53 bits per heavy atom. The van der Waals surface area contributed by atoms with Crippen molar-refractivity contribution >= 4 is 27.5 Å². The maximum Gasteiger partial charge on any atom is 0.0651 e. The first-order valence-corrected chi connectivity index (χ1v) is 7.98. The molecule has 0 aliphatic rings. The molecule has 19 heavy (non-hydrogen) atoms. The summed E-state index contributed by atoms with van der Waals surface area (Å²) < 4.78 is 5.00. The van der Waals surface area contributed by atoms with Gasteiger partial charge in [0.05, 0.1) is 15.7 Å². The van der Waals surface area contributed by atoms with Gasteiger partial charge < -0.3 is 4.74 Å². The van der Waals surface area contributed by atoms with Gasteiger partial charge in [-0.05, 0) is 17.7 Å². The standard InChI is InChI=1S/C15H22B2OS/c1-18-13-15(16,17)10-6-3-7-11-19-12-14-8-4-2-5-9-14/h2,4-5,8-9H,3,6-7,10-13H2,1H3. The predicted octanol–water partition coefficient (Wildman–Crippen LogP) is 3.58. The van der Waals surface area contributed by atoms with Crippen LogP contribution in [0.5, 0.6) is 0 Å². The molecule has 0 spiro atoms. The Balaban J connectivity index is 1.97. The van der Waals surface area contributed by atoms with Crippen molar-refractivity contribution in [3.8, 4) is 0 Å². The van der Waals surface area contributed by atoms with Crippen molar-refractivity contribution in [3.63, 3.8) is 0 Å². The minimum Gasteiger partial charge on any atom is -0.386 e. The molecule has 100 valence electrons. The number of hydrogen-bond acceptors (Lipinski definition) is 2. The molecular formula is C15H22B2OS. The van der Waals surface area contributed by atoms with Gasteiger partial charge in [0.1, 0.15) is 0 Å². The van der Waals surface area contributed by atoms with E-state index in [4.69, 9.17) is 20.4 Å². The molecule has 4 radical (unpaired) electrons. The van der Waals surface area contributed by atoms with Crippen molar-refractivity contribution < 1.29 is 4.74 Å². The number of ether oxygens (including phenoxy) is 1. The SMILES string of the molecule is [B]C([B])(CCCCCSCc1ccccc1)COC. The van der Waals surface area contributed by atoms with Crippen LogP contribution in [0.15, 0.2) is 30.3 Å². The van der Waals surface area contributed by atoms with Crippen LogP contribution in [0, 0.1) is 0 Å². The second-order valence-electron chi connectivity index (χ2n) is 5.02. The molecule has 4 heteroatoms. The molecule has 1 aromatic rings. The molecule has 0 fully saturated rings. The summed E-state index contributed by atoms with van der Waals surface area (Å²) in [6.07, 6.45) is 4.30. The highest BCUT2D eigenvalue weighted by Crippen LogP contribution is 2.25. The van der Waals surface area contributed by atoms with Gasteiger partial charge in [0, 0.05) is 19.5 Å². The van der Waals surface area contributed by atoms with Gasteiger partial charge in [-0.25, -0.2) is 0 Å². The Labute approximate surface area is 124 Å². The lowest BCUT2D eigenvalue weighted by atomic mass is 9.53. The predicted molar refractivity (Wildman–Crippen MR) is 87.1 cm³/mol. The minimum atomic E-state index is -0.661. The van der Waals surface area contributed by atoms with E-state index in [0.717, 1.165) is 18.6 Å². The van der Waals surface area contributed by atoms with E-state index in [1.54, 1.807) is 7.11 Å².